The summed E-state index contributed by atoms with van der Waals surface area (Å²) in [6, 6.07) is 21.0. The average molecular weight is 746 g/mol. The largest absolute Gasteiger partial charge is 0.446 e. The second-order valence-electron chi connectivity index (χ2n) is 15.0. The van der Waals surface area contributed by atoms with Crippen molar-refractivity contribution in [2.45, 2.75) is 52.4 Å². The van der Waals surface area contributed by atoms with Gasteiger partial charge in [0.15, 0.2) is 23.9 Å². The minimum Gasteiger partial charge on any atom is -0.446 e. The zero-order valence-corrected chi connectivity index (χ0v) is 31.6. The van der Waals surface area contributed by atoms with E-state index in [1.165, 1.54) is 56.3 Å². The standard InChI is InChI=1S/C44H43N9O3/c1-27-9-15-39(55-27)46-36-23-30(52-17-5-3-6-18-52)11-13-32(36)34-21-29-22-35(49-44-41(29)43(48-34)50-42(51-44)38-25-45-26-54-38)33-14-12-31(53-19-7-4-8-20-53)24-37(33)47-40-16-10-28(2)56-40/h9-16,21-26,41,46-47H,3-8,17-20H2,1-2H3. The monoisotopic (exact) mass is 745 g/mol. The van der Waals surface area contributed by atoms with Crippen LogP contribution >= 0.6 is 0 Å². The molecular weight excluding hydrogens is 703 g/mol. The molecule has 10 rings (SSSR count). The molecule has 12 nitrogen and oxygen atoms in total. The highest BCUT2D eigenvalue weighted by Gasteiger charge is 2.37. The third-order valence-electron chi connectivity index (χ3n) is 11.0. The fraction of sp³-hybridized carbons (Fsp3) is 0.295. The van der Waals surface area contributed by atoms with Crippen LogP contribution in [-0.2, 0) is 0 Å². The van der Waals surface area contributed by atoms with E-state index >= 15 is 0 Å². The molecule has 0 bridgehead atoms. The van der Waals surface area contributed by atoms with Gasteiger partial charge in [-0.05, 0) is 119 Å². The number of piperidine rings is 2. The third kappa shape index (κ3) is 6.65. The van der Waals surface area contributed by atoms with Crippen LogP contribution in [0.1, 0.15) is 66.9 Å². The predicted octanol–water partition coefficient (Wildman–Crippen LogP) is 9.60. The lowest BCUT2D eigenvalue weighted by Crippen LogP contribution is -2.34. The first-order valence-electron chi connectivity index (χ1n) is 19.6. The van der Waals surface area contributed by atoms with Crippen molar-refractivity contribution in [3.63, 3.8) is 0 Å². The first kappa shape index (κ1) is 34.1. The zero-order valence-electron chi connectivity index (χ0n) is 31.6. The van der Waals surface area contributed by atoms with Crippen molar-refractivity contribution in [1.29, 1.82) is 0 Å². The van der Waals surface area contributed by atoms with Crippen molar-refractivity contribution in [3.05, 3.63) is 119 Å². The number of oxazole rings is 1. The van der Waals surface area contributed by atoms with Crippen LogP contribution in [0.2, 0.25) is 0 Å². The van der Waals surface area contributed by atoms with E-state index in [1.54, 1.807) is 6.20 Å². The molecule has 282 valence electrons. The van der Waals surface area contributed by atoms with E-state index in [2.05, 4.69) is 74.0 Å². The van der Waals surface area contributed by atoms with Crippen LogP contribution in [0.4, 0.5) is 34.5 Å². The number of allylic oxidation sites excluding steroid dienone is 2. The van der Waals surface area contributed by atoms with Crippen molar-refractivity contribution in [1.82, 2.24) is 4.98 Å². The second kappa shape index (κ2) is 14.3. The summed E-state index contributed by atoms with van der Waals surface area (Å²) < 4.78 is 17.7. The summed E-state index contributed by atoms with van der Waals surface area (Å²) in [5.74, 6) is 4.69. The fourth-order valence-corrected chi connectivity index (χ4v) is 8.20. The van der Waals surface area contributed by atoms with Crippen LogP contribution in [0.5, 0.6) is 0 Å². The molecule has 5 aliphatic heterocycles. The quantitative estimate of drug-likeness (QED) is 0.153. The van der Waals surface area contributed by atoms with Gasteiger partial charge in [0.2, 0.25) is 5.84 Å². The van der Waals surface area contributed by atoms with Crippen LogP contribution in [0.25, 0.3) is 5.70 Å². The Labute approximate surface area is 325 Å². The molecule has 1 atom stereocenters. The highest BCUT2D eigenvalue weighted by atomic mass is 16.4. The van der Waals surface area contributed by atoms with Crippen molar-refractivity contribution in [2.75, 3.05) is 46.6 Å². The van der Waals surface area contributed by atoms with Crippen LogP contribution in [0.15, 0.2) is 124 Å². The molecule has 0 radical (unpaired) electrons. The molecular formula is C44H43N9O3. The van der Waals surface area contributed by atoms with Crippen molar-refractivity contribution in [2.24, 2.45) is 25.9 Å². The summed E-state index contributed by atoms with van der Waals surface area (Å²) in [6.07, 6.45) is 14.6. The molecule has 0 aliphatic carbocycles. The predicted molar refractivity (Wildman–Crippen MR) is 222 cm³/mol. The molecule has 5 aromatic rings. The highest BCUT2D eigenvalue weighted by molar-refractivity contribution is 6.30. The molecule has 3 aromatic heterocycles. The van der Waals surface area contributed by atoms with Gasteiger partial charge < -0.3 is 33.7 Å². The molecule has 12 heteroatoms. The number of furan rings is 2. The van der Waals surface area contributed by atoms with Crippen LogP contribution < -0.4 is 20.4 Å². The van der Waals surface area contributed by atoms with Gasteiger partial charge in [0.05, 0.1) is 29.0 Å². The van der Waals surface area contributed by atoms with Crippen molar-refractivity contribution >= 4 is 63.4 Å². The number of rotatable bonds is 9. The zero-order chi connectivity index (χ0) is 37.6. The third-order valence-corrected chi connectivity index (χ3v) is 11.0. The van der Waals surface area contributed by atoms with Gasteiger partial charge in [-0.25, -0.2) is 25.0 Å². The number of hydrogen-bond donors (Lipinski definition) is 2. The molecule has 2 fully saturated rings. The Morgan fingerprint density at radius 2 is 1.23 bits per heavy atom. The van der Waals surface area contributed by atoms with Crippen molar-refractivity contribution in [3.8, 4) is 0 Å². The first-order chi connectivity index (χ1) is 27.5. The average Bonchev–Trinajstić information content (AvgIpc) is 4.01. The normalized spacial score (nSPS) is 19.3. The highest BCUT2D eigenvalue weighted by Crippen LogP contribution is 2.41. The maximum Gasteiger partial charge on any atom is 0.200 e. The van der Waals surface area contributed by atoms with Gasteiger partial charge in [0, 0.05) is 60.8 Å². The smallest absolute Gasteiger partial charge is 0.200 e. The number of hydrogen-bond acceptors (Lipinski definition) is 12. The molecule has 0 spiro atoms. The molecule has 2 saturated heterocycles. The topological polar surface area (TPSA) is 132 Å². The fourth-order valence-electron chi connectivity index (χ4n) is 8.20. The van der Waals surface area contributed by atoms with E-state index in [9.17, 15) is 0 Å². The van der Waals surface area contributed by atoms with Crippen molar-refractivity contribution < 1.29 is 13.3 Å². The van der Waals surface area contributed by atoms with Gasteiger partial charge in [-0.3, -0.25) is 0 Å². The van der Waals surface area contributed by atoms with Gasteiger partial charge in [-0.1, -0.05) is 0 Å². The molecule has 0 saturated carbocycles. The van der Waals surface area contributed by atoms with Crippen LogP contribution in [-0.4, -0.2) is 54.4 Å². The summed E-state index contributed by atoms with van der Waals surface area (Å²) >= 11 is 0. The summed E-state index contributed by atoms with van der Waals surface area (Å²) in [6.45, 7) is 8.05. The molecule has 8 heterocycles. The summed E-state index contributed by atoms with van der Waals surface area (Å²) in [7, 11) is 0. The van der Waals surface area contributed by atoms with Crippen LogP contribution in [0.3, 0.4) is 0 Å². The van der Waals surface area contributed by atoms with Gasteiger partial charge in [0.1, 0.15) is 29.1 Å². The Morgan fingerprint density at radius 3 is 1.82 bits per heavy atom. The molecule has 0 amide bonds. The van der Waals surface area contributed by atoms with Crippen LogP contribution in [0, 0.1) is 19.8 Å². The number of nitrogens with zero attached hydrogens (tertiary/aromatic N) is 7. The maximum absolute atomic E-state index is 6.01. The Balaban J connectivity index is 1.10. The molecule has 2 aromatic carbocycles. The number of amidine groups is 3. The minimum atomic E-state index is -0.345. The van der Waals surface area contributed by atoms with Gasteiger partial charge in [-0.15, -0.1) is 0 Å². The number of aliphatic imine (C=N–C) groups is 4. The Morgan fingerprint density at radius 1 is 0.625 bits per heavy atom. The first-order valence-corrected chi connectivity index (χ1v) is 19.6. The van der Waals surface area contributed by atoms with E-state index in [0.29, 0.717) is 35.0 Å². The van der Waals surface area contributed by atoms with Gasteiger partial charge in [-0.2, -0.15) is 0 Å². The second-order valence-corrected chi connectivity index (χ2v) is 15.0. The number of aryl methyl sites for hydroxylation is 2. The number of benzene rings is 2. The SMILES string of the molecule is Cc1ccc(Nc2cc(N3CCCCC3)ccc2C2=CC3=CC(c4ccc(N5CCCCC5)cc4Nc4ccc(C)o4)=NC4=NC(c5cnco5)=NC(=N2)C34)o1. The van der Waals surface area contributed by atoms with E-state index in [4.69, 9.17) is 33.2 Å². The maximum atomic E-state index is 6.01. The summed E-state index contributed by atoms with van der Waals surface area (Å²) in [4.78, 5) is 29.4. The van der Waals surface area contributed by atoms with E-state index < -0.39 is 0 Å². The lowest BCUT2D eigenvalue weighted by atomic mass is 9.86. The summed E-state index contributed by atoms with van der Waals surface area (Å²) in [5, 5.41) is 7.16. The van der Waals surface area contributed by atoms with Gasteiger partial charge in [0.25, 0.3) is 0 Å². The molecule has 56 heavy (non-hydrogen) atoms. The lowest BCUT2D eigenvalue weighted by molar-refractivity contribution is 0.548. The minimum absolute atomic E-state index is 0.345. The van der Waals surface area contributed by atoms with E-state index in [-0.39, 0.29) is 5.92 Å². The van der Waals surface area contributed by atoms with Gasteiger partial charge >= 0.3 is 0 Å². The Hall–Kier alpha value is -6.43. The molecule has 1 unspecified atom stereocenters. The van der Waals surface area contributed by atoms with E-state index in [0.717, 1.165) is 77.2 Å². The summed E-state index contributed by atoms with van der Waals surface area (Å²) in [5.41, 5.74) is 8.54. The lowest BCUT2D eigenvalue weighted by Gasteiger charge is -2.31. The Kier molecular flexibility index (Phi) is 8.72. The van der Waals surface area contributed by atoms with E-state index in [1.807, 2.05) is 38.1 Å². The number of anilines is 6. The molecule has 5 aliphatic rings. The number of dihydropyridines is 1. The molecule has 2 N–H and O–H groups in total. The number of aromatic nitrogens is 1. The number of nitrogens with one attached hydrogen (secondary N) is 2. The Bertz CT molecular complexity index is 2380.